The lowest BCUT2D eigenvalue weighted by Gasteiger charge is -2.23. The smallest absolute Gasteiger partial charge is 0.309 e. The molecule has 1 fully saturated rings. The van der Waals surface area contributed by atoms with Gasteiger partial charge in [0.2, 0.25) is 5.91 Å². The van der Waals surface area contributed by atoms with Crippen molar-refractivity contribution in [1.82, 2.24) is 0 Å². The maximum atomic E-state index is 11.8. The highest BCUT2D eigenvalue weighted by Crippen LogP contribution is 2.30. The van der Waals surface area contributed by atoms with Crippen molar-refractivity contribution in [2.45, 2.75) is 19.4 Å². The molecule has 1 aromatic rings. The van der Waals surface area contributed by atoms with Crippen LogP contribution in [0.1, 0.15) is 13.3 Å². The largest absolute Gasteiger partial charge is 0.481 e. The summed E-state index contributed by atoms with van der Waals surface area (Å²) in [5.74, 6) is -1.63. The van der Waals surface area contributed by atoms with Gasteiger partial charge in [-0.2, -0.15) is 0 Å². The van der Waals surface area contributed by atoms with Crippen LogP contribution in [0.15, 0.2) is 30.3 Å². The lowest BCUT2D eigenvalue weighted by atomic mass is 10.0. The minimum atomic E-state index is -0.903. The highest BCUT2D eigenvalue weighted by Gasteiger charge is 2.41. The molecule has 0 aromatic heterocycles. The topological polar surface area (TPSA) is 57.6 Å². The maximum Gasteiger partial charge on any atom is 0.309 e. The Bertz CT molecular complexity index is 416. The van der Waals surface area contributed by atoms with E-state index < -0.39 is 11.9 Å². The van der Waals surface area contributed by atoms with Crippen LogP contribution in [0.4, 0.5) is 5.69 Å². The van der Waals surface area contributed by atoms with Gasteiger partial charge in [0.1, 0.15) is 0 Å². The van der Waals surface area contributed by atoms with E-state index in [9.17, 15) is 9.59 Å². The molecule has 0 saturated carbocycles. The first kappa shape index (κ1) is 10.7. The highest BCUT2D eigenvalue weighted by molar-refractivity contribution is 6.00. The van der Waals surface area contributed by atoms with E-state index in [4.69, 9.17) is 5.11 Å². The van der Waals surface area contributed by atoms with Crippen molar-refractivity contribution in [3.63, 3.8) is 0 Å². The fraction of sp³-hybridized carbons (Fsp3) is 0.333. The molecular weight excluding hydrogens is 206 g/mol. The number of rotatable bonds is 2. The van der Waals surface area contributed by atoms with Gasteiger partial charge in [0.05, 0.1) is 5.92 Å². The van der Waals surface area contributed by atoms with Crippen molar-refractivity contribution in [1.29, 1.82) is 0 Å². The Morgan fingerprint density at radius 1 is 1.38 bits per heavy atom. The van der Waals surface area contributed by atoms with Crippen LogP contribution in [0.25, 0.3) is 0 Å². The molecule has 1 saturated heterocycles. The molecule has 4 nitrogen and oxygen atoms in total. The number of anilines is 1. The number of carbonyl (C=O) groups is 2. The Kier molecular flexibility index (Phi) is 2.64. The number of aliphatic carboxylic acids is 1. The Morgan fingerprint density at radius 2 is 2.00 bits per heavy atom. The van der Waals surface area contributed by atoms with Crippen LogP contribution >= 0.6 is 0 Å². The molecule has 1 amide bonds. The van der Waals surface area contributed by atoms with Gasteiger partial charge in [0.25, 0.3) is 0 Å². The molecule has 0 spiro atoms. The van der Waals surface area contributed by atoms with E-state index in [1.807, 2.05) is 30.3 Å². The van der Waals surface area contributed by atoms with Crippen molar-refractivity contribution >= 4 is 17.6 Å². The summed E-state index contributed by atoms with van der Waals surface area (Å²) in [6, 6.07) is 8.89. The first-order chi connectivity index (χ1) is 7.61. The summed E-state index contributed by atoms with van der Waals surface area (Å²) < 4.78 is 0. The molecule has 16 heavy (non-hydrogen) atoms. The SMILES string of the molecule is C[C@H]1[C@H](C(=O)O)CC(=O)N1c1ccccc1. The van der Waals surface area contributed by atoms with Crippen LogP contribution in [0.5, 0.6) is 0 Å². The molecular formula is C12H13NO3. The van der Waals surface area contributed by atoms with Crippen LogP contribution in [0, 0.1) is 5.92 Å². The highest BCUT2D eigenvalue weighted by atomic mass is 16.4. The number of carboxylic acid groups (broad SMARTS) is 1. The quantitative estimate of drug-likeness (QED) is 0.820. The fourth-order valence-corrected chi connectivity index (χ4v) is 2.13. The third-order valence-corrected chi connectivity index (χ3v) is 3.00. The monoisotopic (exact) mass is 219 g/mol. The van der Waals surface area contributed by atoms with Gasteiger partial charge in [-0.15, -0.1) is 0 Å². The number of hydrogen-bond donors (Lipinski definition) is 1. The van der Waals surface area contributed by atoms with Crippen molar-refractivity contribution in [3.8, 4) is 0 Å². The second-order valence-corrected chi connectivity index (χ2v) is 3.99. The Labute approximate surface area is 93.5 Å². The number of benzene rings is 1. The van der Waals surface area contributed by atoms with E-state index in [1.165, 1.54) is 0 Å². The summed E-state index contributed by atoms with van der Waals surface area (Å²) in [6.07, 6.45) is 0.0887. The summed E-state index contributed by atoms with van der Waals surface area (Å²) in [5, 5.41) is 8.99. The molecule has 2 rings (SSSR count). The summed E-state index contributed by atoms with van der Waals surface area (Å²) in [6.45, 7) is 1.77. The van der Waals surface area contributed by atoms with Crippen molar-refractivity contribution < 1.29 is 14.7 Å². The van der Waals surface area contributed by atoms with E-state index >= 15 is 0 Å². The molecule has 2 atom stereocenters. The molecule has 1 aliphatic heterocycles. The molecule has 4 heteroatoms. The third kappa shape index (κ3) is 1.66. The fourth-order valence-electron chi connectivity index (χ4n) is 2.13. The second kappa shape index (κ2) is 3.96. The number of carboxylic acids is 1. The van der Waals surface area contributed by atoms with Gasteiger partial charge >= 0.3 is 5.97 Å². The van der Waals surface area contributed by atoms with Gasteiger partial charge in [0.15, 0.2) is 0 Å². The summed E-state index contributed by atoms with van der Waals surface area (Å²) >= 11 is 0. The average molecular weight is 219 g/mol. The predicted molar refractivity (Wildman–Crippen MR) is 59.1 cm³/mol. The van der Waals surface area contributed by atoms with Crippen LogP contribution in [0.2, 0.25) is 0 Å². The van der Waals surface area contributed by atoms with Crippen LogP contribution < -0.4 is 4.90 Å². The lowest BCUT2D eigenvalue weighted by molar-refractivity contribution is -0.142. The molecule has 0 radical (unpaired) electrons. The molecule has 1 N–H and O–H groups in total. The number of hydrogen-bond acceptors (Lipinski definition) is 2. The number of carbonyl (C=O) groups excluding carboxylic acids is 1. The Morgan fingerprint density at radius 3 is 2.50 bits per heavy atom. The molecule has 1 heterocycles. The zero-order chi connectivity index (χ0) is 11.7. The number of amides is 1. The first-order valence-corrected chi connectivity index (χ1v) is 5.21. The predicted octanol–water partition coefficient (Wildman–Crippen LogP) is 1.51. The summed E-state index contributed by atoms with van der Waals surface area (Å²) in [7, 11) is 0. The van der Waals surface area contributed by atoms with Crippen molar-refractivity contribution in [2.24, 2.45) is 5.92 Å². The molecule has 0 bridgehead atoms. The van der Waals surface area contributed by atoms with Crippen molar-refractivity contribution in [3.05, 3.63) is 30.3 Å². The lowest BCUT2D eigenvalue weighted by Crippen LogP contribution is -2.34. The van der Waals surface area contributed by atoms with Gasteiger partial charge < -0.3 is 10.0 Å². The zero-order valence-electron chi connectivity index (χ0n) is 8.96. The molecule has 1 aromatic carbocycles. The Hall–Kier alpha value is -1.84. The van der Waals surface area contributed by atoms with Gasteiger partial charge in [-0.1, -0.05) is 18.2 Å². The second-order valence-electron chi connectivity index (χ2n) is 3.99. The van der Waals surface area contributed by atoms with E-state index in [0.29, 0.717) is 0 Å². The van der Waals surface area contributed by atoms with Crippen LogP contribution in [-0.2, 0) is 9.59 Å². The van der Waals surface area contributed by atoms with Gasteiger partial charge in [-0.05, 0) is 19.1 Å². The van der Waals surface area contributed by atoms with E-state index in [2.05, 4.69) is 0 Å². The van der Waals surface area contributed by atoms with Gasteiger partial charge in [-0.25, -0.2) is 0 Å². The van der Waals surface area contributed by atoms with Gasteiger partial charge in [0, 0.05) is 18.2 Å². The summed E-state index contributed by atoms with van der Waals surface area (Å²) in [5.41, 5.74) is 0.767. The minimum absolute atomic E-state index is 0.0887. The molecule has 84 valence electrons. The Balaban J connectivity index is 2.30. The minimum Gasteiger partial charge on any atom is -0.481 e. The van der Waals surface area contributed by atoms with E-state index in [1.54, 1.807) is 11.8 Å². The van der Waals surface area contributed by atoms with Gasteiger partial charge in [-0.3, -0.25) is 9.59 Å². The standard InChI is InChI=1S/C12H13NO3/c1-8-10(12(15)16)7-11(14)13(8)9-5-3-2-4-6-9/h2-6,8,10H,7H2,1H3,(H,15,16)/t8-,10+/m0/s1. The molecule has 0 aliphatic carbocycles. The van der Waals surface area contributed by atoms with E-state index in [0.717, 1.165) is 5.69 Å². The van der Waals surface area contributed by atoms with E-state index in [-0.39, 0.29) is 18.4 Å². The zero-order valence-corrected chi connectivity index (χ0v) is 8.96. The average Bonchev–Trinajstić information content (AvgIpc) is 2.56. The normalized spacial score (nSPS) is 24.8. The summed E-state index contributed by atoms with van der Waals surface area (Å²) in [4.78, 5) is 24.3. The molecule has 1 aliphatic rings. The molecule has 0 unspecified atom stereocenters. The third-order valence-electron chi connectivity index (χ3n) is 3.00. The number of para-hydroxylation sites is 1. The number of nitrogens with zero attached hydrogens (tertiary/aromatic N) is 1. The van der Waals surface area contributed by atoms with Crippen LogP contribution in [-0.4, -0.2) is 23.0 Å². The maximum absolute atomic E-state index is 11.8. The van der Waals surface area contributed by atoms with Crippen molar-refractivity contribution in [2.75, 3.05) is 4.90 Å². The first-order valence-electron chi connectivity index (χ1n) is 5.21. The van der Waals surface area contributed by atoms with Crippen LogP contribution in [0.3, 0.4) is 0 Å².